The number of hydrogen-bond donors (Lipinski definition) is 0. The lowest BCUT2D eigenvalue weighted by atomic mass is 9.54. The number of aromatic nitrogens is 1. The molecule has 3 heterocycles. The van der Waals surface area contributed by atoms with Crippen molar-refractivity contribution in [3.05, 3.63) is 66.0 Å². The van der Waals surface area contributed by atoms with Crippen LogP contribution in [0.5, 0.6) is 0 Å². The molecule has 0 bridgehead atoms. The molecule has 5 rings (SSSR count). The summed E-state index contributed by atoms with van der Waals surface area (Å²) in [7, 11) is 0. The largest absolute Gasteiger partial charge is 0.347 e. The van der Waals surface area contributed by atoms with Gasteiger partial charge in [0.05, 0.1) is 18.6 Å². The zero-order valence-corrected chi connectivity index (χ0v) is 16.9. The molecule has 3 aliphatic rings. The molecule has 2 aliphatic heterocycles. The normalized spacial score (nSPS) is 31.1. The predicted molar refractivity (Wildman–Crippen MR) is 109 cm³/mol. The molecule has 1 saturated carbocycles. The van der Waals surface area contributed by atoms with Crippen LogP contribution in [0.25, 0.3) is 0 Å². The molecule has 1 aromatic carbocycles. The molecule has 1 aromatic heterocycles. The van der Waals surface area contributed by atoms with Crippen molar-refractivity contribution in [2.24, 2.45) is 11.8 Å². The van der Waals surface area contributed by atoms with Gasteiger partial charge < -0.3 is 14.4 Å². The summed E-state index contributed by atoms with van der Waals surface area (Å²) in [5.41, 5.74) is 1.69. The highest BCUT2D eigenvalue weighted by atomic mass is 16.7. The van der Waals surface area contributed by atoms with E-state index in [0.29, 0.717) is 19.8 Å². The fraction of sp³-hybridized carbons (Fsp3) is 0.500. The number of nitrogens with zero attached hydrogens (tertiary/aromatic N) is 2. The highest BCUT2D eigenvalue weighted by Gasteiger charge is 2.62. The Hall–Kier alpha value is -2.24. The summed E-state index contributed by atoms with van der Waals surface area (Å²) in [5, 5.41) is 0. The van der Waals surface area contributed by atoms with Crippen LogP contribution in [0.2, 0.25) is 0 Å². The van der Waals surface area contributed by atoms with Crippen LogP contribution in [0, 0.1) is 11.8 Å². The smallest absolute Gasteiger partial charge is 0.233 e. The van der Waals surface area contributed by atoms with E-state index in [1.807, 2.05) is 41.4 Å². The Labute approximate surface area is 172 Å². The SMILES string of the molecule is C[C@H]1[C@@H]2CCN(Cc3cccnc3)C(=O)C2(c2ccccc2)CCC12OCCO2. The van der Waals surface area contributed by atoms with Gasteiger partial charge in [0.15, 0.2) is 5.79 Å². The Kier molecular flexibility index (Phi) is 4.67. The Balaban J connectivity index is 1.53. The average molecular weight is 392 g/mol. The van der Waals surface area contributed by atoms with E-state index < -0.39 is 11.2 Å². The molecule has 5 heteroatoms. The van der Waals surface area contributed by atoms with Crippen LogP contribution in [-0.2, 0) is 26.2 Å². The standard InChI is InChI=1S/C24H28N2O3/c1-18-21-9-13-26(17-19-6-5-12-25-16-19)22(27)23(21,20-7-3-2-4-8-20)10-11-24(18)28-14-15-29-24/h2-8,12,16,18,21H,9-11,13-15,17H2,1H3/t18-,21-,23?/m0/s1. The molecule has 0 N–H and O–H groups in total. The van der Waals surface area contributed by atoms with Crippen LogP contribution in [-0.4, -0.2) is 41.3 Å². The van der Waals surface area contributed by atoms with Crippen molar-refractivity contribution in [3.63, 3.8) is 0 Å². The second-order valence-electron chi connectivity index (χ2n) is 8.62. The van der Waals surface area contributed by atoms with Gasteiger partial charge in [-0.15, -0.1) is 0 Å². The lowest BCUT2D eigenvalue weighted by Crippen LogP contribution is -2.64. The molecule has 2 saturated heterocycles. The minimum atomic E-state index is -0.519. The van der Waals surface area contributed by atoms with Crippen molar-refractivity contribution in [1.29, 1.82) is 0 Å². The van der Waals surface area contributed by atoms with E-state index >= 15 is 0 Å². The van der Waals surface area contributed by atoms with E-state index in [4.69, 9.17) is 9.47 Å². The van der Waals surface area contributed by atoms with Crippen LogP contribution >= 0.6 is 0 Å². The number of amides is 1. The van der Waals surface area contributed by atoms with Gasteiger partial charge in [-0.1, -0.05) is 43.3 Å². The van der Waals surface area contributed by atoms with Gasteiger partial charge in [-0.3, -0.25) is 9.78 Å². The van der Waals surface area contributed by atoms with E-state index in [2.05, 4.69) is 24.0 Å². The van der Waals surface area contributed by atoms with Crippen molar-refractivity contribution in [1.82, 2.24) is 9.88 Å². The van der Waals surface area contributed by atoms with Gasteiger partial charge in [0.2, 0.25) is 5.91 Å². The summed E-state index contributed by atoms with van der Waals surface area (Å²) in [5.74, 6) is 0.0933. The Morgan fingerprint density at radius 1 is 1.10 bits per heavy atom. The fourth-order valence-corrected chi connectivity index (χ4v) is 5.92. The Morgan fingerprint density at radius 2 is 1.90 bits per heavy atom. The molecule has 3 atom stereocenters. The molecule has 1 aliphatic carbocycles. The molecule has 3 fully saturated rings. The lowest BCUT2D eigenvalue weighted by molar-refractivity contribution is -0.238. The van der Waals surface area contributed by atoms with Crippen molar-refractivity contribution < 1.29 is 14.3 Å². The molecule has 152 valence electrons. The van der Waals surface area contributed by atoms with Gasteiger partial charge in [0.1, 0.15) is 0 Å². The van der Waals surface area contributed by atoms with Crippen LogP contribution in [0.3, 0.4) is 0 Å². The molecular weight excluding hydrogens is 364 g/mol. The van der Waals surface area contributed by atoms with E-state index in [0.717, 1.165) is 36.9 Å². The van der Waals surface area contributed by atoms with Crippen LogP contribution in [0.1, 0.15) is 37.3 Å². The zero-order valence-electron chi connectivity index (χ0n) is 16.9. The molecule has 2 aromatic rings. The number of ether oxygens (including phenoxy) is 2. The third kappa shape index (κ3) is 2.90. The van der Waals surface area contributed by atoms with E-state index in [9.17, 15) is 4.79 Å². The van der Waals surface area contributed by atoms with Gasteiger partial charge in [0, 0.05) is 37.8 Å². The van der Waals surface area contributed by atoms with Crippen LogP contribution in [0.15, 0.2) is 54.9 Å². The molecule has 1 unspecified atom stereocenters. The summed E-state index contributed by atoms with van der Waals surface area (Å²) in [4.78, 5) is 20.3. The first kappa shape index (κ1) is 18.8. The Morgan fingerprint density at radius 3 is 2.62 bits per heavy atom. The number of carbonyl (C=O) groups is 1. The third-order valence-electron chi connectivity index (χ3n) is 7.34. The maximum Gasteiger partial charge on any atom is 0.233 e. The highest BCUT2D eigenvalue weighted by Crippen LogP contribution is 2.56. The number of carbonyl (C=O) groups excluding carboxylic acids is 1. The zero-order chi connectivity index (χ0) is 19.9. The second kappa shape index (κ2) is 7.22. The quantitative estimate of drug-likeness (QED) is 0.802. The van der Waals surface area contributed by atoms with Crippen molar-refractivity contribution >= 4 is 5.91 Å². The van der Waals surface area contributed by atoms with Gasteiger partial charge in [0.25, 0.3) is 0 Å². The maximum absolute atomic E-state index is 14.1. The van der Waals surface area contributed by atoms with Gasteiger partial charge in [-0.2, -0.15) is 0 Å². The van der Waals surface area contributed by atoms with Crippen LogP contribution < -0.4 is 0 Å². The summed E-state index contributed by atoms with van der Waals surface area (Å²) < 4.78 is 12.3. The van der Waals surface area contributed by atoms with Gasteiger partial charge in [-0.25, -0.2) is 0 Å². The summed E-state index contributed by atoms with van der Waals surface area (Å²) in [6.45, 7) is 4.89. The molecule has 5 nitrogen and oxygen atoms in total. The minimum absolute atomic E-state index is 0.170. The third-order valence-corrected chi connectivity index (χ3v) is 7.34. The number of rotatable bonds is 3. The van der Waals surface area contributed by atoms with Crippen LogP contribution in [0.4, 0.5) is 0 Å². The second-order valence-corrected chi connectivity index (χ2v) is 8.62. The van der Waals surface area contributed by atoms with E-state index in [-0.39, 0.29) is 17.7 Å². The van der Waals surface area contributed by atoms with Gasteiger partial charge in [-0.05, 0) is 36.0 Å². The number of piperidine rings is 1. The summed E-state index contributed by atoms with van der Waals surface area (Å²) >= 11 is 0. The lowest BCUT2D eigenvalue weighted by Gasteiger charge is -2.56. The fourth-order valence-electron chi connectivity index (χ4n) is 5.92. The number of benzene rings is 1. The monoisotopic (exact) mass is 392 g/mol. The summed E-state index contributed by atoms with van der Waals surface area (Å²) in [6.07, 6.45) is 6.09. The molecule has 1 spiro atoms. The topological polar surface area (TPSA) is 51.7 Å². The first-order valence-electron chi connectivity index (χ1n) is 10.7. The molecule has 1 amide bonds. The first-order chi connectivity index (χ1) is 14.2. The minimum Gasteiger partial charge on any atom is -0.347 e. The molecule has 29 heavy (non-hydrogen) atoms. The number of fused-ring (bicyclic) bond motifs is 1. The number of pyridine rings is 1. The first-order valence-corrected chi connectivity index (χ1v) is 10.7. The highest BCUT2D eigenvalue weighted by molar-refractivity contribution is 5.90. The Bertz CT molecular complexity index is 866. The summed E-state index contributed by atoms with van der Waals surface area (Å²) in [6, 6.07) is 14.3. The van der Waals surface area contributed by atoms with Crippen molar-refractivity contribution in [3.8, 4) is 0 Å². The number of likely N-dealkylation sites (tertiary alicyclic amines) is 1. The molecular formula is C24H28N2O3. The maximum atomic E-state index is 14.1. The predicted octanol–water partition coefficient (Wildman–Crippen LogP) is 3.54. The average Bonchev–Trinajstić information content (AvgIpc) is 3.24. The number of hydrogen-bond acceptors (Lipinski definition) is 4. The van der Waals surface area contributed by atoms with E-state index in [1.54, 1.807) is 6.20 Å². The van der Waals surface area contributed by atoms with Crippen molar-refractivity contribution in [2.45, 2.75) is 43.9 Å². The molecule has 0 radical (unpaired) electrons. The van der Waals surface area contributed by atoms with Crippen molar-refractivity contribution in [2.75, 3.05) is 19.8 Å². The van der Waals surface area contributed by atoms with E-state index in [1.165, 1.54) is 0 Å². The van der Waals surface area contributed by atoms with Gasteiger partial charge >= 0.3 is 0 Å².